The minimum Gasteiger partial charge on any atom is -0.341 e. The number of halogens is 2. The number of likely N-dealkylation sites (N-methyl/N-ethyl adjacent to an activating group) is 1. The fourth-order valence-corrected chi connectivity index (χ4v) is 3.39. The lowest BCUT2D eigenvalue weighted by Crippen LogP contribution is -2.29. The largest absolute Gasteiger partial charge is 0.341 e. The van der Waals surface area contributed by atoms with Crippen molar-refractivity contribution in [2.24, 2.45) is 0 Å². The van der Waals surface area contributed by atoms with E-state index in [9.17, 15) is 9.18 Å². The molecule has 2 heterocycles. The SMILES string of the molecule is CSc1nc2nc(C)c(CC(=O)N(C)Cc3c(F)cccc3Cl)c(C)n2n1. The predicted molar refractivity (Wildman–Crippen MR) is 104 cm³/mol. The van der Waals surface area contributed by atoms with Gasteiger partial charge in [-0.15, -0.1) is 5.10 Å². The van der Waals surface area contributed by atoms with Gasteiger partial charge in [0.05, 0.1) is 6.42 Å². The molecule has 0 N–H and O–H groups in total. The molecule has 1 amide bonds. The molecule has 142 valence electrons. The molecule has 0 saturated carbocycles. The molecule has 3 aromatic rings. The summed E-state index contributed by atoms with van der Waals surface area (Å²) in [6, 6.07) is 4.48. The van der Waals surface area contributed by atoms with Gasteiger partial charge in [-0.05, 0) is 32.2 Å². The number of benzene rings is 1. The molecule has 1 aromatic carbocycles. The van der Waals surface area contributed by atoms with Crippen LogP contribution >= 0.6 is 23.4 Å². The molecule has 0 fully saturated rings. The Bertz CT molecular complexity index is 1000. The minimum absolute atomic E-state index is 0.0953. The van der Waals surface area contributed by atoms with Gasteiger partial charge in [0, 0.05) is 41.1 Å². The molecule has 2 aromatic heterocycles. The van der Waals surface area contributed by atoms with Gasteiger partial charge in [-0.1, -0.05) is 29.4 Å². The first-order chi connectivity index (χ1) is 12.8. The van der Waals surface area contributed by atoms with Gasteiger partial charge in [-0.2, -0.15) is 4.98 Å². The molecule has 0 saturated heterocycles. The molecular weight excluding hydrogens is 389 g/mol. The standard InChI is InChI=1S/C18H19ClFN5OS/c1-10-12(11(2)25-17(21-10)22-18(23-25)27-4)8-16(26)24(3)9-13-14(19)6-5-7-15(13)20/h5-7H,8-9H2,1-4H3. The quantitative estimate of drug-likeness (QED) is 0.606. The molecule has 6 nitrogen and oxygen atoms in total. The van der Waals surface area contributed by atoms with Crippen LogP contribution in [0, 0.1) is 19.7 Å². The van der Waals surface area contributed by atoms with E-state index in [1.807, 2.05) is 20.1 Å². The number of hydrogen-bond acceptors (Lipinski definition) is 5. The van der Waals surface area contributed by atoms with E-state index in [0.29, 0.717) is 21.5 Å². The normalized spacial score (nSPS) is 11.2. The van der Waals surface area contributed by atoms with E-state index in [0.717, 1.165) is 17.0 Å². The summed E-state index contributed by atoms with van der Waals surface area (Å²) in [7, 11) is 1.63. The van der Waals surface area contributed by atoms with Gasteiger partial charge in [0.1, 0.15) is 5.82 Å². The van der Waals surface area contributed by atoms with Crippen molar-refractivity contribution in [3.05, 3.63) is 51.6 Å². The number of amides is 1. The van der Waals surface area contributed by atoms with Crippen LogP contribution in [0.3, 0.4) is 0 Å². The van der Waals surface area contributed by atoms with E-state index in [4.69, 9.17) is 11.6 Å². The summed E-state index contributed by atoms with van der Waals surface area (Å²) < 4.78 is 15.6. The third-order valence-corrected chi connectivity index (χ3v) is 5.32. The lowest BCUT2D eigenvalue weighted by Gasteiger charge is -2.19. The molecule has 27 heavy (non-hydrogen) atoms. The summed E-state index contributed by atoms with van der Waals surface area (Å²) in [6.45, 7) is 3.83. The van der Waals surface area contributed by atoms with Crippen LogP contribution in [0.1, 0.15) is 22.5 Å². The van der Waals surface area contributed by atoms with Gasteiger partial charge in [0.25, 0.3) is 5.78 Å². The topological polar surface area (TPSA) is 63.4 Å². The van der Waals surface area contributed by atoms with Gasteiger partial charge in [-0.3, -0.25) is 4.79 Å². The lowest BCUT2D eigenvalue weighted by atomic mass is 10.1. The van der Waals surface area contributed by atoms with Crippen LogP contribution in [0.5, 0.6) is 0 Å². The van der Waals surface area contributed by atoms with Crippen LogP contribution in [-0.2, 0) is 17.8 Å². The van der Waals surface area contributed by atoms with Crippen LogP contribution in [0.2, 0.25) is 5.02 Å². The molecule has 0 radical (unpaired) electrons. The van der Waals surface area contributed by atoms with E-state index in [1.165, 1.54) is 28.8 Å². The maximum Gasteiger partial charge on any atom is 0.253 e. The zero-order valence-electron chi connectivity index (χ0n) is 15.5. The minimum atomic E-state index is -0.426. The Morgan fingerprint density at radius 2 is 2.04 bits per heavy atom. The number of nitrogens with zero attached hydrogens (tertiary/aromatic N) is 5. The second kappa shape index (κ2) is 7.82. The van der Waals surface area contributed by atoms with E-state index in [-0.39, 0.29) is 18.9 Å². The van der Waals surface area contributed by atoms with Crippen molar-refractivity contribution in [3.63, 3.8) is 0 Å². The number of fused-ring (bicyclic) bond motifs is 1. The van der Waals surface area contributed by atoms with E-state index in [2.05, 4.69) is 15.1 Å². The van der Waals surface area contributed by atoms with Crippen molar-refractivity contribution in [1.82, 2.24) is 24.5 Å². The summed E-state index contributed by atoms with van der Waals surface area (Å²) in [5.74, 6) is -0.0753. The highest BCUT2D eigenvalue weighted by Gasteiger charge is 2.19. The van der Waals surface area contributed by atoms with Crippen molar-refractivity contribution in [1.29, 1.82) is 0 Å². The average Bonchev–Trinajstić information content (AvgIpc) is 3.04. The highest BCUT2D eigenvalue weighted by atomic mass is 35.5. The number of carbonyl (C=O) groups is 1. The number of rotatable bonds is 5. The summed E-state index contributed by atoms with van der Waals surface area (Å²) >= 11 is 7.49. The Kier molecular flexibility index (Phi) is 5.67. The van der Waals surface area contributed by atoms with Gasteiger partial charge in [0.2, 0.25) is 11.1 Å². The summed E-state index contributed by atoms with van der Waals surface area (Å²) in [6.07, 6.45) is 2.03. The van der Waals surface area contributed by atoms with Gasteiger partial charge < -0.3 is 4.90 Å². The van der Waals surface area contributed by atoms with Crippen LogP contribution in [-0.4, -0.2) is 43.7 Å². The molecular formula is C18H19ClFN5OS. The van der Waals surface area contributed by atoms with Gasteiger partial charge in [-0.25, -0.2) is 13.9 Å². The molecule has 0 aliphatic carbocycles. The summed E-state index contributed by atoms with van der Waals surface area (Å²) in [4.78, 5) is 23.0. The van der Waals surface area contributed by atoms with Crippen molar-refractivity contribution in [2.75, 3.05) is 13.3 Å². The fraction of sp³-hybridized carbons (Fsp3) is 0.333. The van der Waals surface area contributed by atoms with E-state index < -0.39 is 5.82 Å². The number of aromatic nitrogens is 4. The maximum atomic E-state index is 14.0. The molecule has 0 aliphatic rings. The summed E-state index contributed by atoms with van der Waals surface area (Å²) in [5, 5.41) is 5.32. The second-order valence-electron chi connectivity index (χ2n) is 6.20. The molecule has 3 rings (SSSR count). The van der Waals surface area contributed by atoms with Gasteiger partial charge >= 0.3 is 0 Å². The highest BCUT2D eigenvalue weighted by molar-refractivity contribution is 7.98. The van der Waals surface area contributed by atoms with Crippen LogP contribution in [0.15, 0.2) is 23.4 Å². The van der Waals surface area contributed by atoms with E-state index >= 15 is 0 Å². The third kappa shape index (κ3) is 3.91. The monoisotopic (exact) mass is 407 g/mol. The van der Waals surface area contributed by atoms with Crippen LogP contribution in [0.4, 0.5) is 4.39 Å². The van der Waals surface area contributed by atoms with Crippen molar-refractivity contribution in [2.45, 2.75) is 32.0 Å². The number of thioether (sulfide) groups is 1. The Labute approximate surface area is 165 Å². The highest BCUT2D eigenvalue weighted by Crippen LogP contribution is 2.22. The molecule has 0 atom stereocenters. The molecule has 0 bridgehead atoms. The number of hydrogen-bond donors (Lipinski definition) is 0. The van der Waals surface area contributed by atoms with Crippen molar-refractivity contribution in [3.8, 4) is 0 Å². The van der Waals surface area contributed by atoms with Gasteiger partial charge in [0.15, 0.2) is 0 Å². The number of carbonyl (C=O) groups excluding carboxylic acids is 1. The first kappa shape index (κ1) is 19.6. The maximum absolute atomic E-state index is 14.0. The van der Waals surface area contributed by atoms with Crippen LogP contribution in [0.25, 0.3) is 5.78 Å². The van der Waals surface area contributed by atoms with Crippen molar-refractivity contribution < 1.29 is 9.18 Å². The summed E-state index contributed by atoms with van der Waals surface area (Å²) in [5.41, 5.74) is 2.64. The zero-order chi connectivity index (χ0) is 19.7. The predicted octanol–water partition coefficient (Wildman–Crippen LogP) is 3.46. The Hall–Kier alpha value is -2.19. The average molecular weight is 408 g/mol. The van der Waals surface area contributed by atoms with E-state index in [1.54, 1.807) is 17.6 Å². The molecule has 0 spiro atoms. The van der Waals surface area contributed by atoms with Crippen LogP contribution < -0.4 is 0 Å². The second-order valence-corrected chi connectivity index (χ2v) is 7.38. The molecule has 0 unspecified atom stereocenters. The Morgan fingerprint density at radius 3 is 2.70 bits per heavy atom. The first-order valence-corrected chi connectivity index (χ1v) is 9.85. The molecule has 0 aliphatic heterocycles. The zero-order valence-corrected chi connectivity index (χ0v) is 17.0. The third-order valence-electron chi connectivity index (χ3n) is 4.42. The van der Waals surface area contributed by atoms with Crippen molar-refractivity contribution >= 4 is 35.0 Å². The Morgan fingerprint density at radius 1 is 1.30 bits per heavy atom. The fourth-order valence-electron chi connectivity index (χ4n) is 2.83. The Balaban J connectivity index is 1.85. The smallest absolute Gasteiger partial charge is 0.253 e. The molecule has 9 heteroatoms. The first-order valence-electron chi connectivity index (χ1n) is 8.25. The number of aryl methyl sites for hydroxylation is 2. The lowest BCUT2D eigenvalue weighted by molar-refractivity contribution is -0.129.